The molecule has 4 heteroatoms. The van der Waals surface area contributed by atoms with Gasteiger partial charge in [-0.3, -0.25) is 9.59 Å². The van der Waals surface area contributed by atoms with Crippen LogP contribution in [0.15, 0.2) is 12.2 Å². The number of esters is 1. The molecule has 0 saturated heterocycles. The fraction of sp³-hybridized carbons (Fsp3) is 0.871. The number of ether oxygens (including phenoxy) is 1. The van der Waals surface area contributed by atoms with E-state index >= 15 is 0 Å². The monoisotopic (exact) mass is 502 g/mol. The van der Waals surface area contributed by atoms with Gasteiger partial charge >= 0.3 is 35.5 Å². The summed E-state index contributed by atoms with van der Waals surface area (Å²) in [5.41, 5.74) is 0. The second-order valence-corrected chi connectivity index (χ2v) is 10.1. The number of allylic oxidation sites excluding steroid dienone is 2. The quantitative estimate of drug-likeness (QED) is 0.0389. The average Bonchev–Trinajstić information content (AvgIpc) is 2.85. The van der Waals surface area contributed by atoms with Crippen LogP contribution in [0.1, 0.15) is 162 Å². The van der Waals surface area contributed by atoms with Gasteiger partial charge in [-0.1, -0.05) is 129 Å². The Bertz CT molecular complexity index is 490. The molecule has 1 atom stereocenters. The maximum absolute atomic E-state index is 12.6. The van der Waals surface area contributed by atoms with E-state index in [-0.39, 0.29) is 41.3 Å². The molecular weight excluding hydrogens is 443 g/mol. The first kappa shape index (κ1) is 37.0. The number of hydrogen-bond acceptors (Lipinski definition) is 3. The number of carbonyl (C=O) groups excluding carboxylic acids is 2. The van der Waals surface area contributed by atoms with Crippen LogP contribution in [-0.4, -0.2) is 48.4 Å². The number of rotatable bonds is 26. The summed E-state index contributed by atoms with van der Waals surface area (Å²) in [5.74, 6) is -0.782. The minimum atomic E-state index is -0.540. The SMILES string of the molecule is CCCCCCCC/C=C\CCCCCCCC(=O)C(CCCCCCCCCC)C(=O)OC.[NaH]. The Morgan fingerprint density at radius 3 is 1.46 bits per heavy atom. The van der Waals surface area contributed by atoms with Crippen molar-refractivity contribution < 1.29 is 14.3 Å². The minimum absolute atomic E-state index is 0. The van der Waals surface area contributed by atoms with E-state index in [4.69, 9.17) is 4.74 Å². The van der Waals surface area contributed by atoms with Gasteiger partial charge in [0, 0.05) is 6.42 Å². The van der Waals surface area contributed by atoms with Crippen LogP contribution < -0.4 is 0 Å². The first-order valence-electron chi connectivity index (χ1n) is 14.9. The summed E-state index contributed by atoms with van der Waals surface area (Å²) < 4.78 is 4.92. The molecule has 35 heavy (non-hydrogen) atoms. The van der Waals surface area contributed by atoms with E-state index < -0.39 is 5.92 Å². The van der Waals surface area contributed by atoms with Crippen LogP contribution in [-0.2, 0) is 14.3 Å². The van der Waals surface area contributed by atoms with Crippen LogP contribution in [0.5, 0.6) is 0 Å². The van der Waals surface area contributed by atoms with E-state index in [9.17, 15) is 9.59 Å². The summed E-state index contributed by atoms with van der Waals surface area (Å²) in [5, 5.41) is 0. The third-order valence-corrected chi connectivity index (χ3v) is 6.91. The van der Waals surface area contributed by atoms with Crippen molar-refractivity contribution in [3.05, 3.63) is 12.2 Å². The molecular formula is C31H59NaO3. The van der Waals surface area contributed by atoms with Gasteiger partial charge in [0.25, 0.3) is 0 Å². The average molecular weight is 503 g/mol. The molecule has 0 saturated carbocycles. The molecule has 0 aromatic rings. The molecule has 0 aliphatic heterocycles. The topological polar surface area (TPSA) is 43.4 Å². The normalized spacial score (nSPS) is 12.0. The molecule has 0 spiro atoms. The number of Topliss-reactive ketones (excluding diaryl/α,β-unsaturated/α-hetero) is 1. The Morgan fingerprint density at radius 1 is 0.600 bits per heavy atom. The Morgan fingerprint density at radius 2 is 1.00 bits per heavy atom. The molecule has 0 bridgehead atoms. The van der Waals surface area contributed by atoms with Crippen LogP contribution in [0, 0.1) is 5.92 Å². The first-order chi connectivity index (χ1) is 16.7. The molecule has 0 aliphatic rings. The van der Waals surface area contributed by atoms with Crippen LogP contribution >= 0.6 is 0 Å². The van der Waals surface area contributed by atoms with Gasteiger partial charge in [-0.2, -0.15) is 0 Å². The molecule has 0 rings (SSSR count). The van der Waals surface area contributed by atoms with Gasteiger partial charge < -0.3 is 4.74 Å². The van der Waals surface area contributed by atoms with E-state index in [0.29, 0.717) is 12.8 Å². The van der Waals surface area contributed by atoms with E-state index in [1.165, 1.54) is 116 Å². The molecule has 0 N–H and O–H groups in total. The predicted octanol–water partition coefficient (Wildman–Crippen LogP) is 9.26. The van der Waals surface area contributed by atoms with E-state index in [0.717, 1.165) is 25.7 Å². The number of carbonyl (C=O) groups is 2. The number of ketones is 1. The molecule has 0 heterocycles. The van der Waals surface area contributed by atoms with Gasteiger partial charge in [-0.05, 0) is 38.5 Å². The van der Waals surface area contributed by atoms with E-state index in [1.54, 1.807) is 0 Å². The van der Waals surface area contributed by atoms with Crippen molar-refractivity contribution in [2.24, 2.45) is 5.92 Å². The molecule has 0 aliphatic carbocycles. The Balaban J connectivity index is 0. The predicted molar refractivity (Wildman–Crippen MR) is 154 cm³/mol. The molecule has 0 aromatic carbocycles. The number of hydrogen-bond donors (Lipinski definition) is 0. The van der Waals surface area contributed by atoms with Crippen LogP contribution in [0.4, 0.5) is 0 Å². The summed E-state index contributed by atoms with van der Waals surface area (Å²) in [6, 6.07) is 0. The van der Waals surface area contributed by atoms with Crippen molar-refractivity contribution in [2.45, 2.75) is 162 Å². The standard InChI is InChI=1S/C31H58O3.Na.H/c1-4-6-8-10-12-14-15-16-17-18-19-20-22-24-26-28-30(32)29(31(33)34-3)27-25-23-21-13-11-9-7-5-2;;/h16-17,29H,4-15,18-28H2,1-3H3;;/b17-16-;;. The van der Waals surface area contributed by atoms with Gasteiger partial charge in [0.2, 0.25) is 0 Å². The summed E-state index contributed by atoms with van der Waals surface area (Å²) in [6.07, 6.45) is 31.9. The summed E-state index contributed by atoms with van der Waals surface area (Å²) in [7, 11) is 1.40. The molecule has 0 radical (unpaired) electrons. The fourth-order valence-corrected chi connectivity index (χ4v) is 4.58. The van der Waals surface area contributed by atoms with Crippen molar-refractivity contribution in [1.29, 1.82) is 0 Å². The van der Waals surface area contributed by atoms with Gasteiger partial charge in [0.1, 0.15) is 11.7 Å². The maximum atomic E-state index is 12.6. The van der Waals surface area contributed by atoms with E-state index in [1.807, 2.05) is 0 Å². The van der Waals surface area contributed by atoms with Crippen LogP contribution in [0.25, 0.3) is 0 Å². The van der Waals surface area contributed by atoms with Gasteiger partial charge in [-0.25, -0.2) is 0 Å². The van der Waals surface area contributed by atoms with Gasteiger partial charge in [0.05, 0.1) is 7.11 Å². The fourth-order valence-electron chi connectivity index (χ4n) is 4.58. The first-order valence-corrected chi connectivity index (χ1v) is 14.9. The van der Waals surface area contributed by atoms with Crippen molar-refractivity contribution in [3.63, 3.8) is 0 Å². The second-order valence-electron chi connectivity index (χ2n) is 10.1. The van der Waals surface area contributed by atoms with Crippen LogP contribution in [0.3, 0.4) is 0 Å². The molecule has 0 aromatic heterocycles. The van der Waals surface area contributed by atoms with E-state index in [2.05, 4.69) is 26.0 Å². The van der Waals surface area contributed by atoms with Crippen molar-refractivity contribution >= 4 is 41.3 Å². The van der Waals surface area contributed by atoms with Gasteiger partial charge in [-0.15, -0.1) is 0 Å². The molecule has 202 valence electrons. The Labute approximate surface area is 241 Å². The summed E-state index contributed by atoms with van der Waals surface area (Å²) in [6.45, 7) is 4.50. The number of methoxy groups -OCH3 is 1. The van der Waals surface area contributed by atoms with Gasteiger partial charge in [0.15, 0.2) is 0 Å². The number of unbranched alkanes of at least 4 members (excludes halogenated alkanes) is 18. The summed E-state index contributed by atoms with van der Waals surface area (Å²) >= 11 is 0. The van der Waals surface area contributed by atoms with Crippen molar-refractivity contribution in [3.8, 4) is 0 Å². The molecule has 0 fully saturated rings. The third-order valence-electron chi connectivity index (χ3n) is 6.91. The molecule has 0 amide bonds. The van der Waals surface area contributed by atoms with Crippen molar-refractivity contribution in [1.82, 2.24) is 0 Å². The Hall–Kier alpha value is -0.120. The second kappa shape index (κ2) is 30.1. The van der Waals surface area contributed by atoms with Crippen LogP contribution in [0.2, 0.25) is 0 Å². The molecule has 1 unspecified atom stereocenters. The van der Waals surface area contributed by atoms with Crippen molar-refractivity contribution in [2.75, 3.05) is 7.11 Å². The Kier molecular flexibility index (Phi) is 31.9. The third kappa shape index (κ3) is 25.3. The zero-order valence-corrected chi connectivity index (χ0v) is 23.2. The zero-order chi connectivity index (χ0) is 25.1. The molecule has 3 nitrogen and oxygen atoms in total. The zero-order valence-electron chi connectivity index (χ0n) is 23.2. The summed E-state index contributed by atoms with van der Waals surface area (Å²) in [4.78, 5) is 24.7.